The summed E-state index contributed by atoms with van der Waals surface area (Å²) in [5, 5.41) is 2.58. The number of nitrogens with two attached hydrogens (primary N) is 1. The molecule has 0 aliphatic carbocycles. The number of aromatic nitrogens is 2. The van der Waals surface area contributed by atoms with Crippen LogP contribution in [0.25, 0.3) is 0 Å². The molecule has 0 saturated carbocycles. The Morgan fingerprint density at radius 1 is 1.28 bits per heavy atom. The van der Waals surface area contributed by atoms with E-state index in [2.05, 4.69) is 10.3 Å². The predicted molar refractivity (Wildman–Crippen MR) is 87.9 cm³/mol. The zero-order chi connectivity index (χ0) is 18.7. The van der Waals surface area contributed by atoms with E-state index < -0.39 is 23.7 Å². The van der Waals surface area contributed by atoms with Crippen LogP contribution < -0.4 is 11.1 Å². The van der Waals surface area contributed by atoms with E-state index in [9.17, 15) is 18.0 Å². The highest BCUT2D eigenvalue weighted by Crippen LogP contribution is 2.32. The van der Waals surface area contributed by atoms with Crippen molar-refractivity contribution >= 4 is 5.91 Å². The Hall–Kier alpha value is -2.35. The van der Waals surface area contributed by atoms with Gasteiger partial charge in [-0.2, -0.15) is 13.2 Å². The average molecular weight is 354 g/mol. The van der Waals surface area contributed by atoms with Gasteiger partial charge < -0.3 is 15.6 Å². The molecule has 1 atom stereocenters. The number of hydrogen-bond donors (Lipinski definition) is 2. The number of benzene rings is 1. The highest BCUT2D eigenvalue weighted by molar-refractivity contribution is 5.90. The van der Waals surface area contributed by atoms with E-state index in [0.717, 1.165) is 0 Å². The van der Waals surface area contributed by atoms with Crippen molar-refractivity contribution in [2.75, 3.05) is 6.54 Å². The number of carbonyl (C=O) groups is 1. The van der Waals surface area contributed by atoms with Crippen molar-refractivity contribution in [3.8, 4) is 0 Å². The lowest BCUT2D eigenvalue weighted by molar-refractivity contribution is -0.157. The van der Waals surface area contributed by atoms with E-state index >= 15 is 0 Å². The van der Waals surface area contributed by atoms with Crippen LogP contribution in [0.15, 0.2) is 42.9 Å². The van der Waals surface area contributed by atoms with Gasteiger partial charge >= 0.3 is 6.18 Å². The molecule has 0 spiro atoms. The Balaban J connectivity index is 2.04. The number of imidazole rings is 1. The maximum Gasteiger partial charge on any atom is 0.407 e. The fourth-order valence-corrected chi connectivity index (χ4v) is 2.50. The molecule has 0 aliphatic heterocycles. The van der Waals surface area contributed by atoms with Crippen molar-refractivity contribution in [2.24, 2.45) is 5.73 Å². The molecule has 0 fully saturated rings. The summed E-state index contributed by atoms with van der Waals surface area (Å²) in [6.45, 7) is 3.84. The van der Waals surface area contributed by atoms with Crippen LogP contribution in [-0.2, 0) is 5.54 Å². The molecule has 3 N–H and O–H groups in total. The maximum absolute atomic E-state index is 13.3. The second kappa shape index (κ2) is 7.26. The summed E-state index contributed by atoms with van der Waals surface area (Å²) >= 11 is 0. The van der Waals surface area contributed by atoms with Crippen LogP contribution in [0.4, 0.5) is 13.2 Å². The SMILES string of the molecule is CC(C)(CCNC(c1ccccc1)C(F)(F)F)n1cnc(C(N)=O)c1. The van der Waals surface area contributed by atoms with Crippen molar-refractivity contribution in [3.05, 3.63) is 54.1 Å². The van der Waals surface area contributed by atoms with Gasteiger partial charge in [0.15, 0.2) is 0 Å². The van der Waals surface area contributed by atoms with Gasteiger partial charge in [-0.3, -0.25) is 4.79 Å². The normalized spacial score (nSPS) is 13.6. The highest BCUT2D eigenvalue weighted by atomic mass is 19.4. The van der Waals surface area contributed by atoms with E-state index in [1.165, 1.54) is 24.7 Å². The first-order chi connectivity index (χ1) is 11.6. The summed E-state index contributed by atoms with van der Waals surface area (Å²) in [7, 11) is 0. The molecule has 5 nitrogen and oxygen atoms in total. The Labute approximate surface area is 144 Å². The summed E-state index contributed by atoms with van der Waals surface area (Å²) < 4.78 is 41.6. The molecule has 0 aliphatic rings. The van der Waals surface area contributed by atoms with E-state index in [0.29, 0.717) is 6.42 Å². The van der Waals surface area contributed by atoms with Crippen molar-refractivity contribution in [2.45, 2.75) is 38.0 Å². The number of alkyl halides is 3. The molecule has 0 radical (unpaired) electrons. The maximum atomic E-state index is 13.3. The number of nitrogens with zero attached hydrogens (tertiary/aromatic N) is 2. The molecule has 2 rings (SSSR count). The molecule has 1 amide bonds. The minimum atomic E-state index is -4.39. The number of amides is 1. The number of carbonyl (C=O) groups excluding carboxylic acids is 1. The van der Waals surface area contributed by atoms with E-state index in [1.54, 1.807) is 22.8 Å². The lowest BCUT2D eigenvalue weighted by Gasteiger charge is -2.29. The van der Waals surface area contributed by atoms with Gasteiger partial charge in [-0.25, -0.2) is 4.98 Å². The van der Waals surface area contributed by atoms with Crippen LogP contribution in [0.5, 0.6) is 0 Å². The first-order valence-electron chi connectivity index (χ1n) is 7.80. The Kier molecular flexibility index (Phi) is 5.52. The standard InChI is InChI=1S/C17H21F3N4O/c1-16(2,24-10-13(15(21)25)23-11-24)8-9-22-14(17(18,19)20)12-6-4-3-5-7-12/h3-7,10-11,14,22H,8-9H2,1-2H3,(H2,21,25). The zero-order valence-electron chi connectivity index (χ0n) is 14.0. The van der Waals surface area contributed by atoms with E-state index in [1.807, 2.05) is 13.8 Å². The van der Waals surface area contributed by atoms with Crippen LogP contribution >= 0.6 is 0 Å². The molecule has 1 unspecified atom stereocenters. The van der Waals surface area contributed by atoms with Gasteiger partial charge in [0.1, 0.15) is 11.7 Å². The molecular formula is C17H21F3N4O. The van der Waals surface area contributed by atoms with Gasteiger partial charge in [0, 0.05) is 11.7 Å². The summed E-state index contributed by atoms with van der Waals surface area (Å²) in [4.78, 5) is 15.0. The second-order valence-electron chi connectivity index (χ2n) is 6.43. The minimum absolute atomic E-state index is 0.124. The van der Waals surface area contributed by atoms with Crippen molar-refractivity contribution in [3.63, 3.8) is 0 Å². The first kappa shape index (κ1) is 19.0. The molecular weight excluding hydrogens is 333 g/mol. The van der Waals surface area contributed by atoms with Crippen LogP contribution in [0.3, 0.4) is 0 Å². The third-order valence-corrected chi connectivity index (χ3v) is 4.08. The van der Waals surface area contributed by atoms with Gasteiger partial charge in [-0.15, -0.1) is 0 Å². The third-order valence-electron chi connectivity index (χ3n) is 4.08. The van der Waals surface area contributed by atoms with Crippen LogP contribution in [-0.4, -0.2) is 28.2 Å². The van der Waals surface area contributed by atoms with Gasteiger partial charge in [0.2, 0.25) is 0 Å². The van der Waals surface area contributed by atoms with Gasteiger partial charge in [0.25, 0.3) is 5.91 Å². The van der Waals surface area contributed by atoms with Gasteiger partial charge in [-0.1, -0.05) is 30.3 Å². The number of hydrogen-bond acceptors (Lipinski definition) is 3. The number of primary amides is 1. The second-order valence-corrected chi connectivity index (χ2v) is 6.43. The van der Waals surface area contributed by atoms with Crippen molar-refractivity contribution in [1.82, 2.24) is 14.9 Å². The van der Waals surface area contributed by atoms with Crippen LogP contribution in [0, 0.1) is 0 Å². The van der Waals surface area contributed by atoms with E-state index in [-0.39, 0.29) is 17.8 Å². The molecule has 1 aromatic carbocycles. The Morgan fingerprint density at radius 2 is 1.92 bits per heavy atom. The third kappa shape index (κ3) is 4.82. The number of rotatable bonds is 7. The molecule has 2 aromatic rings. The first-order valence-corrected chi connectivity index (χ1v) is 7.80. The zero-order valence-corrected chi connectivity index (χ0v) is 14.0. The van der Waals surface area contributed by atoms with Crippen LogP contribution in [0.1, 0.15) is 42.4 Å². The minimum Gasteiger partial charge on any atom is -0.364 e. The quantitative estimate of drug-likeness (QED) is 0.803. The molecule has 136 valence electrons. The summed E-state index contributed by atoms with van der Waals surface area (Å²) in [5.41, 5.74) is 4.94. The lowest BCUT2D eigenvalue weighted by atomic mass is 9.99. The number of nitrogens with one attached hydrogen (secondary N) is 1. The van der Waals surface area contributed by atoms with E-state index in [4.69, 9.17) is 5.73 Å². The predicted octanol–water partition coefficient (Wildman–Crippen LogP) is 3.00. The molecule has 0 saturated heterocycles. The molecule has 8 heteroatoms. The molecule has 25 heavy (non-hydrogen) atoms. The average Bonchev–Trinajstić information content (AvgIpc) is 3.02. The lowest BCUT2D eigenvalue weighted by Crippen LogP contribution is -2.37. The topological polar surface area (TPSA) is 72.9 Å². The summed E-state index contributed by atoms with van der Waals surface area (Å²) in [6.07, 6.45) is -1.03. The monoisotopic (exact) mass is 354 g/mol. The van der Waals surface area contributed by atoms with Crippen LogP contribution in [0.2, 0.25) is 0 Å². The summed E-state index contributed by atoms with van der Waals surface area (Å²) in [5.74, 6) is -0.645. The Morgan fingerprint density at radius 3 is 2.44 bits per heavy atom. The summed E-state index contributed by atoms with van der Waals surface area (Å²) in [6, 6.07) is 6.01. The fraction of sp³-hybridized carbons (Fsp3) is 0.412. The Bertz CT molecular complexity index is 710. The molecule has 1 aromatic heterocycles. The van der Waals surface area contributed by atoms with Gasteiger partial charge in [0.05, 0.1) is 6.33 Å². The van der Waals surface area contributed by atoms with Crippen molar-refractivity contribution < 1.29 is 18.0 Å². The molecule has 1 heterocycles. The van der Waals surface area contributed by atoms with Gasteiger partial charge in [-0.05, 0) is 32.4 Å². The fourth-order valence-electron chi connectivity index (χ4n) is 2.50. The highest BCUT2D eigenvalue weighted by Gasteiger charge is 2.40. The van der Waals surface area contributed by atoms with Crippen molar-refractivity contribution in [1.29, 1.82) is 0 Å². The largest absolute Gasteiger partial charge is 0.407 e. The number of halogens is 3. The molecule has 0 bridgehead atoms. The smallest absolute Gasteiger partial charge is 0.364 e.